The molecule has 3 atom stereocenters. The molecule has 0 aliphatic carbocycles. The summed E-state index contributed by atoms with van der Waals surface area (Å²) in [5.74, 6) is -0.443. The summed E-state index contributed by atoms with van der Waals surface area (Å²) in [5, 5.41) is 23.9. The molecule has 388 valence electrons. The van der Waals surface area contributed by atoms with Crippen LogP contribution in [0.25, 0.3) is 0 Å². The van der Waals surface area contributed by atoms with Crippen LogP contribution in [0.4, 0.5) is 0 Å². The minimum absolute atomic E-state index is 0.0888. The molecule has 6 heteroatoms. The number of carbonyl (C=O) groups excluding carboxylic acids is 2. The van der Waals surface area contributed by atoms with Crippen molar-refractivity contribution < 1.29 is 24.5 Å². The zero-order valence-electron chi connectivity index (χ0n) is 44.4. The number of aliphatic hydroxyl groups excluding tert-OH is 2. The third kappa shape index (κ3) is 49.1. The van der Waals surface area contributed by atoms with Gasteiger partial charge in [-0.25, -0.2) is 0 Å². The van der Waals surface area contributed by atoms with Crippen molar-refractivity contribution in [2.45, 2.75) is 360 Å². The van der Waals surface area contributed by atoms with Crippen molar-refractivity contribution in [3.05, 3.63) is 0 Å². The number of aliphatic hydroxyl groups is 2. The number of rotatable bonds is 55. The van der Waals surface area contributed by atoms with Crippen LogP contribution < -0.4 is 5.32 Å². The third-order valence-corrected chi connectivity index (χ3v) is 14.2. The normalized spacial score (nSPS) is 13.0. The number of esters is 1. The highest BCUT2D eigenvalue weighted by molar-refractivity contribution is 5.77. The molecule has 6 nitrogen and oxygen atoms in total. The molecule has 0 saturated carbocycles. The average molecular weight is 921 g/mol. The summed E-state index contributed by atoms with van der Waals surface area (Å²) in [6, 6.07) is -0.693. The number of unbranched alkanes of at least 4 members (excludes halogenated alkanes) is 43. The number of hydrogen-bond donors (Lipinski definition) is 3. The molecule has 0 aromatic rings. The molecule has 0 spiro atoms. The lowest BCUT2D eigenvalue weighted by molar-refractivity contribution is -0.151. The van der Waals surface area contributed by atoms with Crippen LogP contribution in [0.2, 0.25) is 0 Å². The van der Waals surface area contributed by atoms with Crippen LogP contribution in [0.3, 0.4) is 0 Å². The van der Waals surface area contributed by atoms with Gasteiger partial charge in [-0.05, 0) is 25.7 Å². The van der Waals surface area contributed by atoms with Crippen LogP contribution >= 0.6 is 0 Å². The van der Waals surface area contributed by atoms with Crippen LogP contribution in [0, 0.1) is 0 Å². The molecule has 0 heterocycles. The predicted molar refractivity (Wildman–Crippen MR) is 283 cm³/mol. The smallest absolute Gasteiger partial charge is 0.306 e. The van der Waals surface area contributed by atoms with E-state index in [0.29, 0.717) is 19.3 Å². The van der Waals surface area contributed by atoms with E-state index in [1.165, 1.54) is 257 Å². The molecule has 0 aliphatic rings. The first-order valence-electron chi connectivity index (χ1n) is 29.8. The summed E-state index contributed by atoms with van der Waals surface area (Å²) >= 11 is 0. The zero-order valence-corrected chi connectivity index (χ0v) is 44.4. The first-order valence-corrected chi connectivity index (χ1v) is 29.8. The Labute approximate surface area is 406 Å². The van der Waals surface area contributed by atoms with E-state index in [1.807, 2.05) is 0 Å². The van der Waals surface area contributed by atoms with Gasteiger partial charge in [-0.2, -0.15) is 0 Å². The molecule has 0 aromatic carbocycles. The second-order valence-corrected chi connectivity index (χ2v) is 20.8. The molecule has 0 fully saturated rings. The summed E-state index contributed by atoms with van der Waals surface area (Å²) in [7, 11) is 0. The van der Waals surface area contributed by atoms with Crippen LogP contribution in [0.5, 0.6) is 0 Å². The van der Waals surface area contributed by atoms with Gasteiger partial charge in [-0.15, -0.1) is 0 Å². The number of amides is 1. The number of nitrogens with one attached hydrogen (secondary N) is 1. The highest BCUT2D eigenvalue weighted by atomic mass is 16.5. The van der Waals surface area contributed by atoms with E-state index in [2.05, 4.69) is 26.1 Å². The first-order chi connectivity index (χ1) is 32.0. The van der Waals surface area contributed by atoms with Gasteiger partial charge in [-0.1, -0.05) is 303 Å². The van der Waals surface area contributed by atoms with Crippen molar-refractivity contribution >= 4 is 11.9 Å². The van der Waals surface area contributed by atoms with E-state index in [1.54, 1.807) is 0 Å². The Morgan fingerprint density at radius 1 is 0.385 bits per heavy atom. The maximum absolute atomic E-state index is 13.3. The fraction of sp³-hybridized carbons (Fsp3) is 0.966. The SMILES string of the molecule is CCCCCCCCCCCCCCCCCCC(=O)OC(CCCCCCCCCCCCCCCCCC)CC(=O)NC(CO)C(O)CCCCCCCCCCCCCCCC. The fourth-order valence-electron chi connectivity index (χ4n) is 9.67. The van der Waals surface area contributed by atoms with E-state index in [0.717, 1.165) is 38.5 Å². The Morgan fingerprint density at radius 2 is 0.646 bits per heavy atom. The summed E-state index contributed by atoms with van der Waals surface area (Å²) in [5.41, 5.74) is 0. The fourth-order valence-corrected chi connectivity index (χ4v) is 9.67. The topological polar surface area (TPSA) is 95.9 Å². The minimum atomic E-state index is -0.780. The summed E-state index contributed by atoms with van der Waals surface area (Å²) in [4.78, 5) is 26.3. The Kier molecular flexibility index (Phi) is 52.9. The Hall–Kier alpha value is -1.14. The number of carbonyl (C=O) groups is 2. The van der Waals surface area contributed by atoms with E-state index in [-0.39, 0.29) is 24.9 Å². The van der Waals surface area contributed by atoms with Crippen LogP contribution in [0.1, 0.15) is 342 Å². The van der Waals surface area contributed by atoms with E-state index >= 15 is 0 Å². The quantitative estimate of drug-likeness (QED) is 0.0417. The van der Waals surface area contributed by atoms with Crippen LogP contribution in [-0.2, 0) is 14.3 Å². The van der Waals surface area contributed by atoms with Gasteiger partial charge in [0.2, 0.25) is 5.91 Å². The zero-order chi connectivity index (χ0) is 47.4. The molecule has 0 bridgehead atoms. The standard InChI is InChI=1S/C59H117NO5/c1-4-7-10-13-16-19-22-25-28-30-32-35-38-41-44-47-50-55(65-59(64)52-49-46-43-40-37-34-31-29-26-23-20-17-14-11-8-5-2)53-58(63)60-56(54-61)57(62)51-48-45-42-39-36-33-27-24-21-18-15-12-9-6-3/h55-57,61-62H,4-54H2,1-3H3,(H,60,63). The minimum Gasteiger partial charge on any atom is -0.462 e. The van der Waals surface area contributed by atoms with Crippen molar-refractivity contribution in [2.75, 3.05) is 6.61 Å². The van der Waals surface area contributed by atoms with Crippen LogP contribution in [0.15, 0.2) is 0 Å². The van der Waals surface area contributed by atoms with Crippen molar-refractivity contribution in [2.24, 2.45) is 0 Å². The summed E-state index contributed by atoms with van der Waals surface area (Å²) in [6.07, 6.45) is 60.3. The molecular formula is C59H117NO5. The lowest BCUT2D eigenvalue weighted by Gasteiger charge is -2.24. The van der Waals surface area contributed by atoms with Crippen LogP contribution in [-0.4, -0.2) is 46.9 Å². The summed E-state index contributed by atoms with van der Waals surface area (Å²) < 4.78 is 5.98. The molecule has 0 aliphatic heterocycles. The van der Waals surface area contributed by atoms with E-state index in [4.69, 9.17) is 4.74 Å². The number of ether oxygens (including phenoxy) is 1. The molecule has 3 unspecified atom stereocenters. The average Bonchev–Trinajstić information content (AvgIpc) is 3.30. The van der Waals surface area contributed by atoms with Gasteiger partial charge < -0.3 is 20.3 Å². The Bertz CT molecular complexity index is 944. The Morgan fingerprint density at radius 3 is 0.938 bits per heavy atom. The van der Waals surface area contributed by atoms with Crippen molar-refractivity contribution in [1.29, 1.82) is 0 Å². The molecular weight excluding hydrogens is 803 g/mol. The van der Waals surface area contributed by atoms with E-state index < -0.39 is 18.2 Å². The first kappa shape index (κ1) is 63.9. The third-order valence-electron chi connectivity index (χ3n) is 14.2. The van der Waals surface area contributed by atoms with Gasteiger partial charge in [0.25, 0.3) is 0 Å². The molecule has 65 heavy (non-hydrogen) atoms. The van der Waals surface area contributed by atoms with Gasteiger partial charge in [-0.3, -0.25) is 9.59 Å². The monoisotopic (exact) mass is 920 g/mol. The van der Waals surface area contributed by atoms with E-state index in [9.17, 15) is 19.8 Å². The van der Waals surface area contributed by atoms with Gasteiger partial charge in [0.1, 0.15) is 6.10 Å². The molecule has 0 radical (unpaired) electrons. The van der Waals surface area contributed by atoms with Gasteiger partial charge in [0.15, 0.2) is 0 Å². The van der Waals surface area contributed by atoms with Gasteiger partial charge in [0, 0.05) is 6.42 Å². The lowest BCUT2D eigenvalue weighted by Crippen LogP contribution is -2.46. The molecule has 0 saturated heterocycles. The predicted octanol–water partition coefficient (Wildman–Crippen LogP) is 18.3. The van der Waals surface area contributed by atoms with Crippen molar-refractivity contribution in [3.8, 4) is 0 Å². The lowest BCUT2D eigenvalue weighted by atomic mass is 10.0. The molecule has 3 N–H and O–H groups in total. The van der Waals surface area contributed by atoms with Gasteiger partial charge in [0.05, 0.1) is 25.2 Å². The molecule has 0 aromatic heterocycles. The molecule has 0 rings (SSSR count). The largest absolute Gasteiger partial charge is 0.462 e. The maximum Gasteiger partial charge on any atom is 0.306 e. The highest BCUT2D eigenvalue weighted by Gasteiger charge is 2.24. The second kappa shape index (κ2) is 53.8. The maximum atomic E-state index is 13.3. The van der Waals surface area contributed by atoms with Gasteiger partial charge >= 0.3 is 5.97 Å². The molecule has 1 amide bonds. The second-order valence-electron chi connectivity index (χ2n) is 20.8. The number of hydrogen-bond acceptors (Lipinski definition) is 5. The van der Waals surface area contributed by atoms with Crippen molar-refractivity contribution in [3.63, 3.8) is 0 Å². The summed E-state index contributed by atoms with van der Waals surface area (Å²) in [6.45, 7) is 6.54. The van der Waals surface area contributed by atoms with Crippen molar-refractivity contribution in [1.82, 2.24) is 5.32 Å². The highest BCUT2D eigenvalue weighted by Crippen LogP contribution is 2.20. The Balaban J connectivity index is 4.49.